The zero-order valence-corrected chi connectivity index (χ0v) is 13.7. The predicted octanol–water partition coefficient (Wildman–Crippen LogP) is 4.49. The third-order valence-electron chi connectivity index (χ3n) is 3.86. The summed E-state index contributed by atoms with van der Waals surface area (Å²) in [6, 6.07) is 13.5. The molecule has 0 aliphatic carbocycles. The fourth-order valence-corrected chi connectivity index (χ4v) is 3.07. The Balaban J connectivity index is 1.85. The first-order chi connectivity index (χ1) is 10.5. The van der Waals surface area contributed by atoms with Gasteiger partial charge in [0.05, 0.1) is 5.71 Å². The van der Waals surface area contributed by atoms with Crippen molar-refractivity contribution in [1.29, 1.82) is 0 Å². The summed E-state index contributed by atoms with van der Waals surface area (Å²) in [5, 5.41) is 5.43. The first-order valence-electron chi connectivity index (χ1n) is 7.01. The Bertz CT molecular complexity index is 708. The van der Waals surface area contributed by atoms with Crippen LogP contribution in [-0.2, 0) is 17.0 Å². The molecule has 3 rings (SSSR count). The fraction of sp³-hybridized carbons (Fsp3) is 0.235. The van der Waals surface area contributed by atoms with Crippen LogP contribution in [0.2, 0.25) is 10.0 Å². The lowest BCUT2D eigenvalue weighted by atomic mass is 9.89. The average Bonchev–Trinajstić information content (AvgIpc) is 2.90. The van der Waals surface area contributed by atoms with E-state index in [1.165, 1.54) is 0 Å². The lowest BCUT2D eigenvalue weighted by Gasteiger charge is -2.22. The van der Waals surface area contributed by atoms with Crippen LogP contribution in [0.1, 0.15) is 30.0 Å². The Morgan fingerprint density at radius 3 is 2.36 bits per heavy atom. The van der Waals surface area contributed by atoms with Crippen LogP contribution in [0.5, 0.6) is 0 Å². The highest BCUT2D eigenvalue weighted by Gasteiger charge is 2.37. The van der Waals surface area contributed by atoms with E-state index < -0.39 is 5.60 Å². The third-order valence-corrected chi connectivity index (χ3v) is 4.29. The Hall–Kier alpha value is -1.55. The molecule has 0 bridgehead atoms. The molecule has 1 heterocycles. The molecule has 1 unspecified atom stereocenters. The van der Waals surface area contributed by atoms with Crippen molar-refractivity contribution in [2.24, 2.45) is 10.9 Å². The van der Waals surface area contributed by atoms with Gasteiger partial charge in [0.25, 0.3) is 0 Å². The largest absolute Gasteiger partial charge is 0.384 e. The number of oxime groups is 1. The minimum Gasteiger partial charge on any atom is -0.384 e. The highest BCUT2D eigenvalue weighted by Crippen LogP contribution is 2.38. The van der Waals surface area contributed by atoms with Crippen LogP contribution in [0.3, 0.4) is 0 Å². The minimum atomic E-state index is -0.559. The maximum atomic E-state index is 6.09. The Labute approximate surface area is 139 Å². The van der Waals surface area contributed by atoms with Crippen LogP contribution in [-0.4, -0.2) is 5.71 Å². The molecule has 0 saturated carbocycles. The second-order valence-corrected chi connectivity index (χ2v) is 6.47. The maximum absolute atomic E-state index is 6.09. The Kier molecular flexibility index (Phi) is 4.13. The van der Waals surface area contributed by atoms with Gasteiger partial charge >= 0.3 is 0 Å². The first kappa shape index (κ1) is 15.3. The molecule has 22 heavy (non-hydrogen) atoms. The van der Waals surface area contributed by atoms with Crippen LogP contribution >= 0.6 is 23.2 Å². The molecule has 1 atom stereocenters. The number of nitrogens with two attached hydrogens (primary N) is 1. The number of halogens is 2. The van der Waals surface area contributed by atoms with Crippen LogP contribution in [0.4, 0.5) is 0 Å². The molecule has 3 nitrogen and oxygen atoms in total. The molecular weight excluding hydrogens is 319 g/mol. The van der Waals surface area contributed by atoms with E-state index in [2.05, 4.69) is 5.16 Å². The van der Waals surface area contributed by atoms with Crippen molar-refractivity contribution in [2.75, 3.05) is 0 Å². The maximum Gasteiger partial charge on any atom is 0.165 e. The van der Waals surface area contributed by atoms with E-state index in [0.29, 0.717) is 23.0 Å². The van der Waals surface area contributed by atoms with E-state index in [1.807, 2.05) is 43.3 Å². The number of benzene rings is 2. The lowest BCUT2D eigenvalue weighted by Crippen LogP contribution is -2.22. The summed E-state index contributed by atoms with van der Waals surface area (Å²) < 4.78 is 0. The van der Waals surface area contributed by atoms with E-state index in [0.717, 1.165) is 22.4 Å². The second kappa shape index (κ2) is 5.92. The molecule has 2 N–H and O–H groups in total. The van der Waals surface area contributed by atoms with Gasteiger partial charge in [-0.05, 0) is 36.2 Å². The molecule has 1 aliphatic rings. The molecule has 114 valence electrons. The summed E-state index contributed by atoms with van der Waals surface area (Å²) >= 11 is 12.2. The van der Waals surface area contributed by atoms with Gasteiger partial charge in [-0.2, -0.15) is 0 Å². The summed E-state index contributed by atoms with van der Waals surface area (Å²) in [7, 11) is 0. The summed E-state index contributed by atoms with van der Waals surface area (Å²) in [5.74, 6) is 0. The topological polar surface area (TPSA) is 47.6 Å². The van der Waals surface area contributed by atoms with Crippen molar-refractivity contribution in [1.82, 2.24) is 0 Å². The Morgan fingerprint density at radius 2 is 1.77 bits per heavy atom. The Morgan fingerprint density at radius 1 is 1.14 bits per heavy atom. The first-order valence-corrected chi connectivity index (χ1v) is 7.77. The van der Waals surface area contributed by atoms with Crippen molar-refractivity contribution in [3.63, 3.8) is 0 Å². The standard InChI is InChI=1S/C17H16Cl2N2O/c1-17(13-6-14(18)8-15(19)7-13)9-16(21-22-17)12-4-2-11(10-20)3-5-12/h2-8H,9-10,20H2,1H3. The molecule has 2 aromatic rings. The average molecular weight is 335 g/mol. The number of nitrogens with zero attached hydrogens (tertiary/aromatic N) is 1. The van der Waals surface area contributed by atoms with Gasteiger partial charge in [-0.15, -0.1) is 0 Å². The quantitative estimate of drug-likeness (QED) is 0.898. The van der Waals surface area contributed by atoms with Gasteiger partial charge in [-0.1, -0.05) is 52.6 Å². The van der Waals surface area contributed by atoms with Gasteiger partial charge < -0.3 is 10.6 Å². The second-order valence-electron chi connectivity index (χ2n) is 5.60. The molecule has 0 fully saturated rings. The summed E-state index contributed by atoms with van der Waals surface area (Å²) in [4.78, 5) is 5.71. The van der Waals surface area contributed by atoms with Crippen molar-refractivity contribution in [3.05, 3.63) is 69.2 Å². The molecule has 0 spiro atoms. The summed E-state index contributed by atoms with van der Waals surface area (Å²) in [6.45, 7) is 2.52. The van der Waals surface area contributed by atoms with Gasteiger partial charge in [0.15, 0.2) is 5.60 Å². The molecular formula is C17H16Cl2N2O. The van der Waals surface area contributed by atoms with Crippen molar-refractivity contribution in [3.8, 4) is 0 Å². The molecule has 0 radical (unpaired) electrons. The summed E-state index contributed by atoms with van der Waals surface area (Å²) in [5.41, 5.74) is 9.01. The third kappa shape index (κ3) is 2.98. The lowest BCUT2D eigenvalue weighted by molar-refractivity contribution is -0.00737. The van der Waals surface area contributed by atoms with Gasteiger partial charge in [0, 0.05) is 28.6 Å². The number of hydrogen-bond donors (Lipinski definition) is 1. The molecule has 5 heteroatoms. The zero-order valence-electron chi connectivity index (χ0n) is 12.1. The van der Waals surface area contributed by atoms with Gasteiger partial charge in [-0.25, -0.2) is 0 Å². The van der Waals surface area contributed by atoms with E-state index in [4.69, 9.17) is 33.8 Å². The molecule has 1 aliphatic heterocycles. The molecule has 0 aromatic heterocycles. The van der Waals surface area contributed by atoms with Crippen LogP contribution in [0.25, 0.3) is 0 Å². The van der Waals surface area contributed by atoms with Crippen molar-refractivity contribution in [2.45, 2.75) is 25.5 Å². The summed E-state index contributed by atoms with van der Waals surface area (Å²) in [6.07, 6.45) is 0.658. The predicted molar refractivity (Wildman–Crippen MR) is 90.4 cm³/mol. The smallest absolute Gasteiger partial charge is 0.165 e. The van der Waals surface area contributed by atoms with Crippen molar-refractivity contribution >= 4 is 28.9 Å². The molecule has 0 saturated heterocycles. The van der Waals surface area contributed by atoms with Gasteiger partial charge in [-0.3, -0.25) is 0 Å². The van der Waals surface area contributed by atoms with E-state index in [1.54, 1.807) is 6.07 Å². The van der Waals surface area contributed by atoms with Crippen LogP contribution in [0.15, 0.2) is 47.6 Å². The van der Waals surface area contributed by atoms with Gasteiger partial charge in [0.2, 0.25) is 0 Å². The molecule has 0 amide bonds. The SMILES string of the molecule is CC1(c2cc(Cl)cc(Cl)c2)CC(c2ccc(CN)cc2)=NO1. The fourth-order valence-electron chi connectivity index (χ4n) is 2.54. The van der Waals surface area contributed by atoms with Gasteiger partial charge in [0.1, 0.15) is 0 Å². The van der Waals surface area contributed by atoms with E-state index in [9.17, 15) is 0 Å². The number of hydrogen-bond acceptors (Lipinski definition) is 3. The van der Waals surface area contributed by atoms with Crippen LogP contribution < -0.4 is 5.73 Å². The van der Waals surface area contributed by atoms with Crippen LogP contribution in [0, 0.1) is 0 Å². The normalized spacial score (nSPS) is 20.6. The molecule has 2 aromatic carbocycles. The number of rotatable bonds is 3. The highest BCUT2D eigenvalue weighted by molar-refractivity contribution is 6.34. The van der Waals surface area contributed by atoms with Crippen molar-refractivity contribution < 1.29 is 4.84 Å². The minimum absolute atomic E-state index is 0.530. The monoisotopic (exact) mass is 334 g/mol. The zero-order chi connectivity index (χ0) is 15.7. The van der Waals surface area contributed by atoms with E-state index in [-0.39, 0.29) is 0 Å². The highest BCUT2D eigenvalue weighted by atomic mass is 35.5. The van der Waals surface area contributed by atoms with E-state index >= 15 is 0 Å².